The van der Waals surface area contributed by atoms with Crippen LogP contribution in [0.1, 0.15) is 5.56 Å². The second-order valence-corrected chi connectivity index (χ2v) is 6.99. The Kier molecular flexibility index (Phi) is 5.18. The van der Waals surface area contributed by atoms with Crippen molar-refractivity contribution in [2.75, 3.05) is 31.6 Å². The highest BCUT2D eigenvalue weighted by atomic mass is 16.5. The number of rotatable bonds is 5. The van der Waals surface area contributed by atoms with Crippen LogP contribution in [0.3, 0.4) is 0 Å². The van der Waals surface area contributed by atoms with Gasteiger partial charge in [-0.3, -0.25) is 14.4 Å². The zero-order valence-electron chi connectivity index (χ0n) is 15.5. The number of carbonyl (C=O) groups is 1. The van der Waals surface area contributed by atoms with Crippen LogP contribution in [-0.2, 0) is 23.0 Å². The second-order valence-electron chi connectivity index (χ2n) is 6.99. The fourth-order valence-electron chi connectivity index (χ4n) is 3.63. The van der Waals surface area contributed by atoms with Crippen LogP contribution in [0.25, 0.3) is 10.8 Å². The van der Waals surface area contributed by atoms with Gasteiger partial charge in [0.15, 0.2) is 5.82 Å². The quantitative estimate of drug-likeness (QED) is 0.756. The summed E-state index contributed by atoms with van der Waals surface area (Å²) >= 11 is 0. The number of benzene rings is 2. The summed E-state index contributed by atoms with van der Waals surface area (Å²) in [7, 11) is 1.83. The summed E-state index contributed by atoms with van der Waals surface area (Å²) in [6.07, 6.45) is 2.75. The van der Waals surface area contributed by atoms with E-state index < -0.39 is 0 Å². The summed E-state index contributed by atoms with van der Waals surface area (Å²) in [6.45, 7) is 2.51. The van der Waals surface area contributed by atoms with Gasteiger partial charge in [0.05, 0.1) is 19.3 Å². The molecule has 0 spiro atoms. The van der Waals surface area contributed by atoms with Crippen molar-refractivity contribution in [2.45, 2.75) is 12.5 Å². The van der Waals surface area contributed by atoms with Crippen LogP contribution in [0.4, 0.5) is 5.82 Å². The van der Waals surface area contributed by atoms with Crippen LogP contribution < -0.4 is 5.32 Å². The third kappa shape index (κ3) is 4.35. The lowest BCUT2D eigenvalue weighted by atomic mass is 9.99. The molecule has 1 saturated heterocycles. The lowest BCUT2D eigenvalue weighted by Crippen LogP contribution is -2.46. The molecule has 1 amide bonds. The molecule has 4 rings (SSSR count). The minimum atomic E-state index is -0.0421. The molecule has 1 aliphatic rings. The third-order valence-electron chi connectivity index (χ3n) is 4.90. The summed E-state index contributed by atoms with van der Waals surface area (Å²) < 4.78 is 7.65. The molecular formula is C21H24N4O2. The maximum atomic E-state index is 12.3. The number of amides is 1. The lowest BCUT2D eigenvalue weighted by Gasteiger charge is -2.32. The Morgan fingerprint density at radius 1 is 1.22 bits per heavy atom. The molecule has 3 aromatic rings. The Labute approximate surface area is 158 Å². The van der Waals surface area contributed by atoms with Gasteiger partial charge >= 0.3 is 0 Å². The first-order valence-corrected chi connectivity index (χ1v) is 9.27. The summed E-state index contributed by atoms with van der Waals surface area (Å²) in [5.41, 5.74) is 1.29. The number of hydrogen-bond donors (Lipinski definition) is 1. The molecule has 1 fully saturated rings. The lowest BCUT2D eigenvalue weighted by molar-refractivity contribution is -0.119. The van der Waals surface area contributed by atoms with E-state index >= 15 is 0 Å². The number of nitrogens with one attached hydrogen (secondary N) is 1. The molecule has 1 aromatic heterocycles. The Bertz CT molecular complexity index is 931. The number of anilines is 1. The average Bonchev–Trinajstić information content (AvgIpc) is 3.07. The number of carbonyl (C=O) groups excluding carboxylic acids is 1. The fraction of sp³-hybridized carbons (Fsp3) is 0.333. The molecule has 140 valence electrons. The van der Waals surface area contributed by atoms with Gasteiger partial charge in [0, 0.05) is 38.8 Å². The van der Waals surface area contributed by atoms with Crippen molar-refractivity contribution < 1.29 is 9.53 Å². The van der Waals surface area contributed by atoms with Crippen molar-refractivity contribution in [3.8, 4) is 0 Å². The molecule has 27 heavy (non-hydrogen) atoms. The summed E-state index contributed by atoms with van der Waals surface area (Å²) in [6, 6.07) is 16.6. The largest absolute Gasteiger partial charge is 0.375 e. The van der Waals surface area contributed by atoms with Crippen molar-refractivity contribution in [3.63, 3.8) is 0 Å². The van der Waals surface area contributed by atoms with E-state index in [1.807, 2.05) is 13.2 Å². The Hall–Kier alpha value is -2.70. The first-order valence-electron chi connectivity index (χ1n) is 9.27. The summed E-state index contributed by atoms with van der Waals surface area (Å²) in [5, 5.41) is 9.55. The monoisotopic (exact) mass is 364 g/mol. The highest BCUT2D eigenvalue weighted by molar-refractivity contribution is 5.91. The molecule has 0 saturated carbocycles. The maximum Gasteiger partial charge on any atom is 0.239 e. The minimum absolute atomic E-state index is 0.0421. The second kappa shape index (κ2) is 7.90. The summed E-state index contributed by atoms with van der Waals surface area (Å²) in [5.74, 6) is 0.544. The van der Waals surface area contributed by atoms with E-state index in [4.69, 9.17) is 4.74 Å². The molecule has 6 nitrogen and oxygen atoms in total. The molecule has 2 aromatic carbocycles. The van der Waals surface area contributed by atoms with Crippen LogP contribution in [0.15, 0.2) is 54.7 Å². The van der Waals surface area contributed by atoms with Gasteiger partial charge in [0.25, 0.3) is 0 Å². The first-order chi connectivity index (χ1) is 13.2. The van der Waals surface area contributed by atoms with E-state index in [2.05, 4.69) is 57.8 Å². The molecule has 2 heterocycles. The van der Waals surface area contributed by atoms with Gasteiger partial charge in [-0.1, -0.05) is 42.5 Å². The number of morpholine rings is 1. The van der Waals surface area contributed by atoms with Crippen molar-refractivity contribution in [2.24, 2.45) is 7.05 Å². The van der Waals surface area contributed by atoms with Gasteiger partial charge in [-0.2, -0.15) is 5.10 Å². The van der Waals surface area contributed by atoms with Crippen molar-refractivity contribution in [3.05, 3.63) is 60.3 Å². The standard InChI is InChI=1S/C21H24N4O2/c1-24-10-9-20(23-24)22-21(26)15-25-11-12-27-18(14-25)13-17-7-4-6-16-5-2-3-8-19(16)17/h2-10,18H,11-15H2,1H3,(H,22,23,26). The molecule has 0 radical (unpaired) electrons. The van der Waals surface area contributed by atoms with Crippen LogP contribution in [0, 0.1) is 0 Å². The van der Waals surface area contributed by atoms with Crippen LogP contribution in [-0.4, -0.2) is 52.9 Å². The number of aromatic nitrogens is 2. The highest BCUT2D eigenvalue weighted by Gasteiger charge is 2.23. The molecular weight excluding hydrogens is 340 g/mol. The molecule has 0 aliphatic carbocycles. The van der Waals surface area contributed by atoms with E-state index in [0.29, 0.717) is 19.0 Å². The molecule has 0 bridgehead atoms. The molecule has 1 N–H and O–H groups in total. The molecule has 1 aliphatic heterocycles. The van der Waals surface area contributed by atoms with Crippen molar-refractivity contribution in [1.29, 1.82) is 0 Å². The summed E-state index contributed by atoms with van der Waals surface area (Å²) in [4.78, 5) is 14.4. The average molecular weight is 364 g/mol. The molecule has 1 unspecified atom stereocenters. The molecule has 1 atom stereocenters. The van der Waals surface area contributed by atoms with Gasteiger partial charge in [-0.15, -0.1) is 0 Å². The van der Waals surface area contributed by atoms with E-state index in [1.165, 1.54) is 16.3 Å². The predicted molar refractivity (Wildman–Crippen MR) is 106 cm³/mol. The Balaban J connectivity index is 1.37. The van der Waals surface area contributed by atoms with Gasteiger partial charge < -0.3 is 10.1 Å². The van der Waals surface area contributed by atoms with Gasteiger partial charge in [0.1, 0.15) is 0 Å². The topological polar surface area (TPSA) is 59.4 Å². The predicted octanol–water partition coefficient (Wildman–Crippen LogP) is 2.46. The van der Waals surface area contributed by atoms with Crippen LogP contribution in [0.2, 0.25) is 0 Å². The zero-order chi connectivity index (χ0) is 18.6. The number of fused-ring (bicyclic) bond motifs is 1. The number of nitrogens with zero attached hydrogens (tertiary/aromatic N) is 3. The van der Waals surface area contributed by atoms with E-state index in [9.17, 15) is 4.79 Å². The van der Waals surface area contributed by atoms with Gasteiger partial charge in [-0.25, -0.2) is 0 Å². The number of hydrogen-bond acceptors (Lipinski definition) is 4. The maximum absolute atomic E-state index is 12.3. The fourth-order valence-corrected chi connectivity index (χ4v) is 3.63. The third-order valence-corrected chi connectivity index (χ3v) is 4.90. The van der Waals surface area contributed by atoms with Gasteiger partial charge in [0.2, 0.25) is 5.91 Å². The van der Waals surface area contributed by atoms with Crippen LogP contribution >= 0.6 is 0 Å². The zero-order valence-corrected chi connectivity index (χ0v) is 15.5. The van der Waals surface area contributed by atoms with E-state index in [-0.39, 0.29) is 12.0 Å². The number of aryl methyl sites for hydroxylation is 1. The van der Waals surface area contributed by atoms with Crippen molar-refractivity contribution in [1.82, 2.24) is 14.7 Å². The SMILES string of the molecule is Cn1ccc(NC(=O)CN2CCOC(Cc3cccc4ccccc34)C2)n1. The van der Waals surface area contributed by atoms with E-state index in [1.54, 1.807) is 10.7 Å². The highest BCUT2D eigenvalue weighted by Crippen LogP contribution is 2.21. The minimum Gasteiger partial charge on any atom is -0.375 e. The van der Waals surface area contributed by atoms with Gasteiger partial charge in [-0.05, 0) is 16.3 Å². The van der Waals surface area contributed by atoms with Crippen LogP contribution in [0.5, 0.6) is 0 Å². The Morgan fingerprint density at radius 2 is 2.07 bits per heavy atom. The molecule has 6 heteroatoms. The smallest absolute Gasteiger partial charge is 0.239 e. The van der Waals surface area contributed by atoms with E-state index in [0.717, 1.165) is 19.5 Å². The number of ether oxygens (including phenoxy) is 1. The normalized spacial score (nSPS) is 17.9. The van der Waals surface area contributed by atoms with Crippen molar-refractivity contribution >= 4 is 22.5 Å². The Morgan fingerprint density at radius 3 is 2.93 bits per heavy atom. The first kappa shape index (κ1) is 17.7.